The zero-order chi connectivity index (χ0) is 14.7. The highest BCUT2D eigenvalue weighted by Gasteiger charge is 2.19. The van der Waals surface area contributed by atoms with Gasteiger partial charge in [0.25, 0.3) is 0 Å². The number of rotatable bonds is 4. The monoisotopic (exact) mass is 304 g/mol. The van der Waals surface area contributed by atoms with Gasteiger partial charge in [-0.1, -0.05) is 12.1 Å². The summed E-state index contributed by atoms with van der Waals surface area (Å²) < 4.78 is 10.6. The Balaban J connectivity index is 1.75. The van der Waals surface area contributed by atoms with Gasteiger partial charge in [-0.2, -0.15) is 0 Å². The summed E-state index contributed by atoms with van der Waals surface area (Å²) in [5, 5.41) is 2.32. The lowest BCUT2D eigenvalue weighted by molar-refractivity contribution is 0.0525. The number of hydrogen-bond donors (Lipinski definition) is 0. The number of benzene rings is 1. The van der Waals surface area contributed by atoms with E-state index >= 15 is 0 Å². The molecule has 0 saturated heterocycles. The molecule has 0 unspecified atom stereocenters. The number of para-hydroxylation sites is 2. The molecule has 1 aromatic carbocycles. The number of thiazole rings is 1. The van der Waals surface area contributed by atoms with E-state index in [4.69, 9.17) is 9.47 Å². The summed E-state index contributed by atoms with van der Waals surface area (Å²) in [4.78, 5) is 18.2. The standard InChI is InChI=1S/C15H16N2O3S/c1-2-19-15(18)14-16-11(10-21-14)9-17-7-8-20-13-6-4-3-5-12(13)17/h3-6,10H,2,7-9H2,1H3. The van der Waals surface area contributed by atoms with Gasteiger partial charge in [0, 0.05) is 5.38 Å². The largest absolute Gasteiger partial charge is 0.490 e. The molecule has 0 radical (unpaired) electrons. The van der Waals surface area contributed by atoms with Crippen LogP contribution in [0.3, 0.4) is 0 Å². The van der Waals surface area contributed by atoms with Gasteiger partial charge in [0.15, 0.2) is 0 Å². The predicted molar refractivity (Wildman–Crippen MR) is 81.1 cm³/mol. The minimum Gasteiger partial charge on any atom is -0.490 e. The Bertz CT molecular complexity index is 641. The Hall–Kier alpha value is -2.08. The number of anilines is 1. The Kier molecular flexibility index (Phi) is 4.06. The topological polar surface area (TPSA) is 51.7 Å². The highest BCUT2D eigenvalue weighted by Crippen LogP contribution is 2.32. The number of ether oxygens (including phenoxy) is 2. The van der Waals surface area contributed by atoms with Gasteiger partial charge in [0.1, 0.15) is 12.4 Å². The average Bonchev–Trinajstić information content (AvgIpc) is 2.97. The van der Waals surface area contributed by atoms with E-state index in [0.29, 0.717) is 24.8 Å². The van der Waals surface area contributed by atoms with E-state index in [0.717, 1.165) is 23.7 Å². The first-order valence-corrected chi connectivity index (χ1v) is 7.74. The first kappa shape index (κ1) is 13.9. The van der Waals surface area contributed by atoms with Crippen LogP contribution in [0.5, 0.6) is 5.75 Å². The second-order valence-corrected chi connectivity index (χ2v) is 5.46. The van der Waals surface area contributed by atoms with E-state index in [1.807, 2.05) is 29.6 Å². The van der Waals surface area contributed by atoms with Gasteiger partial charge >= 0.3 is 5.97 Å². The number of carbonyl (C=O) groups is 1. The lowest BCUT2D eigenvalue weighted by Crippen LogP contribution is -2.32. The SMILES string of the molecule is CCOC(=O)c1nc(CN2CCOc3ccccc32)cs1. The summed E-state index contributed by atoms with van der Waals surface area (Å²) >= 11 is 1.32. The van der Waals surface area contributed by atoms with Crippen molar-refractivity contribution in [3.8, 4) is 5.75 Å². The molecule has 21 heavy (non-hydrogen) atoms. The molecule has 0 bridgehead atoms. The number of aromatic nitrogens is 1. The molecule has 1 aromatic heterocycles. The number of esters is 1. The van der Waals surface area contributed by atoms with Crippen molar-refractivity contribution in [1.29, 1.82) is 0 Å². The van der Waals surface area contributed by atoms with Crippen LogP contribution in [0.2, 0.25) is 0 Å². The third-order valence-electron chi connectivity index (χ3n) is 3.18. The van der Waals surface area contributed by atoms with E-state index in [2.05, 4.69) is 9.88 Å². The second kappa shape index (κ2) is 6.13. The summed E-state index contributed by atoms with van der Waals surface area (Å²) in [5.74, 6) is 0.542. The van der Waals surface area contributed by atoms with Gasteiger partial charge in [-0.15, -0.1) is 11.3 Å². The van der Waals surface area contributed by atoms with Crippen LogP contribution in [0.1, 0.15) is 22.4 Å². The molecule has 0 atom stereocenters. The molecule has 1 aliphatic heterocycles. The van der Waals surface area contributed by atoms with Crippen LogP contribution >= 0.6 is 11.3 Å². The maximum absolute atomic E-state index is 11.6. The second-order valence-electron chi connectivity index (χ2n) is 4.60. The first-order chi connectivity index (χ1) is 10.3. The summed E-state index contributed by atoms with van der Waals surface area (Å²) in [5.41, 5.74) is 1.94. The third-order valence-corrected chi connectivity index (χ3v) is 4.05. The van der Waals surface area contributed by atoms with E-state index in [1.54, 1.807) is 6.92 Å². The fourth-order valence-electron chi connectivity index (χ4n) is 2.25. The van der Waals surface area contributed by atoms with E-state index < -0.39 is 0 Å². The maximum Gasteiger partial charge on any atom is 0.367 e. The fourth-order valence-corrected chi connectivity index (χ4v) is 2.95. The molecule has 0 spiro atoms. The molecular formula is C15H16N2O3S. The van der Waals surface area contributed by atoms with Gasteiger partial charge in [-0.05, 0) is 19.1 Å². The maximum atomic E-state index is 11.6. The Morgan fingerprint density at radius 2 is 2.33 bits per heavy atom. The first-order valence-electron chi connectivity index (χ1n) is 6.86. The highest BCUT2D eigenvalue weighted by atomic mass is 32.1. The molecule has 2 aromatic rings. The zero-order valence-electron chi connectivity index (χ0n) is 11.7. The van der Waals surface area contributed by atoms with Crippen LogP contribution < -0.4 is 9.64 Å². The van der Waals surface area contributed by atoms with Crippen LogP contribution in [-0.4, -0.2) is 30.7 Å². The normalized spacial score (nSPS) is 13.5. The minimum atomic E-state index is -0.351. The average molecular weight is 304 g/mol. The Morgan fingerprint density at radius 1 is 1.48 bits per heavy atom. The van der Waals surface area contributed by atoms with Crippen LogP contribution in [0.4, 0.5) is 5.69 Å². The van der Waals surface area contributed by atoms with Gasteiger partial charge in [0.2, 0.25) is 5.01 Å². The Morgan fingerprint density at radius 3 is 3.19 bits per heavy atom. The summed E-state index contributed by atoms with van der Waals surface area (Å²) in [6.07, 6.45) is 0. The molecule has 110 valence electrons. The van der Waals surface area contributed by atoms with E-state index in [1.165, 1.54) is 11.3 Å². The van der Waals surface area contributed by atoms with Crippen molar-refractivity contribution in [2.75, 3.05) is 24.7 Å². The highest BCUT2D eigenvalue weighted by molar-refractivity contribution is 7.11. The smallest absolute Gasteiger partial charge is 0.367 e. The number of carbonyl (C=O) groups excluding carboxylic acids is 1. The fraction of sp³-hybridized carbons (Fsp3) is 0.333. The molecule has 0 fully saturated rings. The number of nitrogens with zero attached hydrogens (tertiary/aromatic N) is 2. The van der Waals surface area contributed by atoms with E-state index in [9.17, 15) is 4.79 Å². The molecule has 2 heterocycles. The molecule has 6 heteroatoms. The third kappa shape index (κ3) is 3.00. The molecule has 3 rings (SSSR count). The van der Waals surface area contributed by atoms with Crippen molar-refractivity contribution in [2.45, 2.75) is 13.5 Å². The molecule has 0 saturated carbocycles. The van der Waals surface area contributed by atoms with Crippen molar-refractivity contribution in [1.82, 2.24) is 4.98 Å². The summed E-state index contributed by atoms with van der Waals surface area (Å²) in [7, 11) is 0. The molecule has 0 amide bonds. The van der Waals surface area contributed by atoms with Crippen molar-refractivity contribution in [3.63, 3.8) is 0 Å². The van der Waals surface area contributed by atoms with Crippen LogP contribution in [0.15, 0.2) is 29.6 Å². The van der Waals surface area contributed by atoms with Crippen molar-refractivity contribution in [2.24, 2.45) is 0 Å². The molecule has 0 aliphatic carbocycles. The van der Waals surface area contributed by atoms with Crippen LogP contribution in [0, 0.1) is 0 Å². The van der Waals surface area contributed by atoms with Gasteiger partial charge in [0.05, 0.1) is 31.1 Å². The van der Waals surface area contributed by atoms with Gasteiger partial charge in [-0.25, -0.2) is 9.78 Å². The van der Waals surface area contributed by atoms with Crippen molar-refractivity contribution >= 4 is 23.0 Å². The predicted octanol–water partition coefficient (Wildman–Crippen LogP) is 2.72. The van der Waals surface area contributed by atoms with Gasteiger partial charge < -0.3 is 14.4 Å². The molecule has 5 nitrogen and oxygen atoms in total. The van der Waals surface area contributed by atoms with Crippen molar-refractivity contribution in [3.05, 3.63) is 40.3 Å². The van der Waals surface area contributed by atoms with E-state index in [-0.39, 0.29) is 5.97 Å². The molecule has 1 aliphatic rings. The molecule has 0 N–H and O–H groups in total. The van der Waals surface area contributed by atoms with Crippen LogP contribution in [0.25, 0.3) is 0 Å². The van der Waals surface area contributed by atoms with Crippen molar-refractivity contribution < 1.29 is 14.3 Å². The summed E-state index contributed by atoms with van der Waals surface area (Å²) in [6.45, 7) is 4.28. The molecular weight excluding hydrogens is 288 g/mol. The number of fused-ring (bicyclic) bond motifs is 1. The Labute approximate surface area is 127 Å². The zero-order valence-corrected chi connectivity index (χ0v) is 12.6. The number of hydrogen-bond acceptors (Lipinski definition) is 6. The van der Waals surface area contributed by atoms with Gasteiger partial charge in [-0.3, -0.25) is 0 Å². The van der Waals surface area contributed by atoms with Crippen LogP contribution in [-0.2, 0) is 11.3 Å². The lowest BCUT2D eigenvalue weighted by atomic mass is 10.2. The summed E-state index contributed by atoms with van der Waals surface area (Å²) in [6, 6.07) is 7.95. The lowest BCUT2D eigenvalue weighted by Gasteiger charge is -2.30. The quantitative estimate of drug-likeness (QED) is 0.813. The minimum absolute atomic E-state index is 0.351.